The van der Waals surface area contributed by atoms with Gasteiger partial charge in [0, 0.05) is 6.20 Å². The fourth-order valence-corrected chi connectivity index (χ4v) is 1.75. The van der Waals surface area contributed by atoms with Gasteiger partial charge in [-0.1, -0.05) is 6.07 Å². The van der Waals surface area contributed by atoms with Crippen LogP contribution in [0.4, 0.5) is 4.39 Å². The Morgan fingerprint density at radius 3 is 2.88 bits per heavy atom. The molecule has 0 fully saturated rings. The van der Waals surface area contributed by atoms with Crippen LogP contribution >= 0.6 is 15.9 Å². The van der Waals surface area contributed by atoms with Gasteiger partial charge in [0.15, 0.2) is 0 Å². The van der Waals surface area contributed by atoms with E-state index in [0.29, 0.717) is 16.8 Å². The molecular formula is C13H11BrFNO. The number of aromatic nitrogens is 1. The van der Waals surface area contributed by atoms with Crippen molar-refractivity contribution in [1.29, 1.82) is 0 Å². The van der Waals surface area contributed by atoms with Crippen molar-refractivity contribution in [3.8, 4) is 5.75 Å². The average Bonchev–Trinajstić information content (AvgIpc) is 2.32. The zero-order valence-corrected chi connectivity index (χ0v) is 10.9. The van der Waals surface area contributed by atoms with Gasteiger partial charge < -0.3 is 4.74 Å². The van der Waals surface area contributed by atoms with E-state index in [4.69, 9.17) is 4.74 Å². The number of aryl methyl sites for hydroxylation is 1. The molecule has 0 atom stereocenters. The van der Waals surface area contributed by atoms with E-state index in [1.807, 2.05) is 19.1 Å². The number of benzene rings is 1. The lowest BCUT2D eigenvalue weighted by molar-refractivity contribution is 0.299. The van der Waals surface area contributed by atoms with E-state index in [0.717, 1.165) is 11.3 Å². The summed E-state index contributed by atoms with van der Waals surface area (Å²) in [7, 11) is 0. The molecule has 0 radical (unpaired) electrons. The predicted octanol–water partition coefficient (Wildman–Crippen LogP) is 3.87. The average molecular weight is 296 g/mol. The van der Waals surface area contributed by atoms with Crippen LogP contribution in [-0.2, 0) is 6.61 Å². The number of ether oxygens (including phenoxy) is 1. The molecule has 2 rings (SSSR count). The number of pyridine rings is 1. The van der Waals surface area contributed by atoms with Gasteiger partial charge in [0.1, 0.15) is 18.2 Å². The van der Waals surface area contributed by atoms with E-state index in [2.05, 4.69) is 20.9 Å². The first-order chi connectivity index (χ1) is 8.16. The molecule has 0 bridgehead atoms. The van der Waals surface area contributed by atoms with Crippen LogP contribution in [-0.4, -0.2) is 4.98 Å². The number of rotatable bonds is 3. The van der Waals surface area contributed by atoms with Gasteiger partial charge in [0.2, 0.25) is 0 Å². The van der Waals surface area contributed by atoms with Crippen molar-refractivity contribution in [2.24, 2.45) is 0 Å². The monoisotopic (exact) mass is 295 g/mol. The molecule has 2 nitrogen and oxygen atoms in total. The quantitative estimate of drug-likeness (QED) is 0.857. The van der Waals surface area contributed by atoms with Crippen LogP contribution in [0, 0.1) is 12.7 Å². The van der Waals surface area contributed by atoms with E-state index >= 15 is 0 Å². The van der Waals surface area contributed by atoms with Crippen LogP contribution in [0.2, 0.25) is 0 Å². The first-order valence-corrected chi connectivity index (χ1v) is 5.94. The first kappa shape index (κ1) is 12.0. The third-order valence-electron chi connectivity index (χ3n) is 2.38. The maximum absolute atomic E-state index is 13.0. The Labute approximate surface area is 108 Å². The molecule has 0 N–H and O–H groups in total. The summed E-state index contributed by atoms with van der Waals surface area (Å²) in [5, 5.41) is 0. The molecule has 0 spiro atoms. The Kier molecular flexibility index (Phi) is 3.74. The van der Waals surface area contributed by atoms with E-state index in [1.54, 1.807) is 18.3 Å². The smallest absolute Gasteiger partial charge is 0.137 e. The van der Waals surface area contributed by atoms with E-state index in [1.165, 1.54) is 6.07 Å². The summed E-state index contributed by atoms with van der Waals surface area (Å²) >= 11 is 3.12. The molecule has 0 amide bonds. The lowest BCUT2D eigenvalue weighted by Gasteiger charge is -2.08. The molecule has 2 aromatic rings. The lowest BCUT2D eigenvalue weighted by Crippen LogP contribution is -2.00. The Hall–Kier alpha value is -1.42. The minimum Gasteiger partial charge on any atom is -0.487 e. The van der Waals surface area contributed by atoms with Crippen LogP contribution in [0.15, 0.2) is 41.0 Å². The number of halogens is 2. The summed E-state index contributed by atoms with van der Waals surface area (Å²) in [5.41, 5.74) is 1.96. The Morgan fingerprint density at radius 1 is 1.35 bits per heavy atom. The number of hydrogen-bond donors (Lipinski definition) is 0. The Balaban J connectivity index is 2.08. The van der Waals surface area contributed by atoms with E-state index in [9.17, 15) is 4.39 Å². The summed E-state index contributed by atoms with van der Waals surface area (Å²) in [6, 6.07) is 8.43. The molecule has 0 saturated heterocycles. The maximum Gasteiger partial charge on any atom is 0.137 e. The summed E-state index contributed by atoms with van der Waals surface area (Å²) in [6.07, 6.45) is 1.73. The van der Waals surface area contributed by atoms with Gasteiger partial charge in [-0.2, -0.15) is 0 Å². The Morgan fingerprint density at radius 2 is 2.18 bits per heavy atom. The second-order valence-electron chi connectivity index (χ2n) is 3.63. The van der Waals surface area contributed by atoms with E-state index in [-0.39, 0.29) is 5.82 Å². The van der Waals surface area contributed by atoms with Crippen LogP contribution in [0.25, 0.3) is 0 Å². The van der Waals surface area contributed by atoms with Crippen molar-refractivity contribution in [2.75, 3.05) is 0 Å². The van der Waals surface area contributed by atoms with Crippen molar-refractivity contribution in [3.05, 3.63) is 58.1 Å². The molecule has 4 heteroatoms. The highest BCUT2D eigenvalue weighted by Crippen LogP contribution is 2.22. The topological polar surface area (TPSA) is 22.1 Å². The minimum absolute atomic E-state index is 0.300. The zero-order valence-electron chi connectivity index (χ0n) is 9.28. The molecule has 88 valence electrons. The Bertz CT molecular complexity index is 531. The predicted molar refractivity (Wildman–Crippen MR) is 67.4 cm³/mol. The van der Waals surface area contributed by atoms with Crippen molar-refractivity contribution in [2.45, 2.75) is 13.5 Å². The van der Waals surface area contributed by atoms with Gasteiger partial charge in [-0.25, -0.2) is 4.39 Å². The third kappa shape index (κ3) is 3.03. The van der Waals surface area contributed by atoms with Crippen molar-refractivity contribution in [3.63, 3.8) is 0 Å². The zero-order chi connectivity index (χ0) is 12.3. The standard InChI is InChI=1S/C13H11BrFNO/c1-9-3-2-6-16-13(9)8-17-10-4-5-12(15)11(14)7-10/h2-7H,8H2,1H3. The van der Waals surface area contributed by atoms with Crippen LogP contribution in [0.3, 0.4) is 0 Å². The van der Waals surface area contributed by atoms with Crippen LogP contribution in [0.5, 0.6) is 5.75 Å². The van der Waals surface area contributed by atoms with Crippen LogP contribution in [0.1, 0.15) is 11.3 Å². The molecule has 0 saturated carbocycles. The second-order valence-corrected chi connectivity index (χ2v) is 4.49. The minimum atomic E-state index is -0.300. The summed E-state index contributed by atoms with van der Waals surface area (Å²) in [5.74, 6) is 0.315. The molecule has 0 unspecified atom stereocenters. The summed E-state index contributed by atoms with van der Waals surface area (Å²) in [4.78, 5) is 4.22. The fraction of sp³-hybridized carbons (Fsp3) is 0.154. The molecule has 1 aromatic carbocycles. The van der Waals surface area contributed by atoms with E-state index < -0.39 is 0 Å². The lowest BCUT2D eigenvalue weighted by atomic mass is 10.2. The maximum atomic E-state index is 13.0. The van der Waals surface area contributed by atoms with Gasteiger partial charge in [-0.15, -0.1) is 0 Å². The van der Waals surface area contributed by atoms with Gasteiger partial charge in [0.05, 0.1) is 10.2 Å². The molecule has 1 heterocycles. The third-order valence-corrected chi connectivity index (χ3v) is 2.99. The van der Waals surface area contributed by atoms with Gasteiger partial charge in [-0.05, 0) is 52.7 Å². The summed E-state index contributed by atoms with van der Waals surface area (Å²) in [6.45, 7) is 2.36. The van der Waals surface area contributed by atoms with Crippen molar-refractivity contribution < 1.29 is 9.13 Å². The molecule has 1 aromatic heterocycles. The first-order valence-electron chi connectivity index (χ1n) is 5.15. The van der Waals surface area contributed by atoms with Gasteiger partial charge in [0.25, 0.3) is 0 Å². The number of hydrogen-bond acceptors (Lipinski definition) is 2. The SMILES string of the molecule is Cc1cccnc1COc1ccc(F)c(Br)c1. The molecule has 0 aliphatic heterocycles. The van der Waals surface area contributed by atoms with Crippen molar-refractivity contribution in [1.82, 2.24) is 4.98 Å². The molecular weight excluding hydrogens is 285 g/mol. The second kappa shape index (κ2) is 5.27. The summed E-state index contributed by atoms with van der Waals surface area (Å²) < 4.78 is 19.0. The van der Waals surface area contributed by atoms with Gasteiger partial charge >= 0.3 is 0 Å². The highest BCUT2D eigenvalue weighted by Gasteiger charge is 2.03. The highest BCUT2D eigenvalue weighted by atomic mass is 79.9. The number of nitrogens with zero attached hydrogens (tertiary/aromatic N) is 1. The van der Waals surface area contributed by atoms with Crippen LogP contribution < -0.4 is 4.74 Å². The molecule has 0 aliphatic rings. The molecule has 0 aliphatic carbocycles. The fourth-order valence-electron chi connectivity index (χ4n) is 1.39. The molecule has 17 heavy (non-hydrogen) atoms. The highest BCUT2D eigenvalue weighted by molar-refractivity contribution is 9.10. The van der Waals surface area contributed by atoms with Crippen molar-refractivity contribution >= 4 is 15.9 Å². The largest absolute Gasteiger partial charge is 0.487 e. The normalized spacial score (nSPS) is 10.3. The van der Waals surface area contributed by atoms with Gasteiger partial charge in [-0.3, -0.25) is 4.98 Å².